The minimum absolute atomic E-state index is 0.129. The Morgan fingerprint density at radius 3 is 2.80 bits per heavy atom. The number of alkyl halides is 3. The Kier molecular flexibility index (Phi) is 4.84. The van der Waals surface area contributed by atoms with E-state index in [1.165, 1.54) is 6.20 Å². The molecular weight excluding hydrogens is 461 g/mol. The van der Waals surface area contributed by atoms with E-state index < -0.39 is 23.4 Å². The van der Waals surface area contributed by atoms with Gasteiger partial charge in [0.2, 0.25) is 5.76 Å². The fourth-order valence-corrected chi connectivity index (χ4v) is 4.96. The standard InChI is InChI=1S/C25H23F3N4O3/c1-14-4-5-15(29-10-14)12-32-13-17-21(31-32)19-18(9-24(17)6-7-24)35-22(20(19)25(26,27)28)23(33)30-11-16-3-2-8-34-16/h4-5,10-11,13H,2-3,6-9,12H2,1H3,(H,30,33). The topological polar surface area (TPSA) is 82.2 Å². The summed E-state index contributed by atoms with van der Waals surface area (Å²) in [6, 6.07) is 3.80. The Balaban J connectivity index is 1.42. The predicted octanol–water partition coefficient (Wildman–Crippen LogP) is 4.88. The molecule has 1 spiro atoms. The van der Waals surface area contributed by atoms with Crippen LogP contribution in [0.4, 0.5) is 13.2 Å². The molecule has 0 bridgehead atoms. The number of nitrogens with one attached hydrogen (secondary N) is 1. The Labute approximate surface area is 199 Å². The molecule has 7 nitrogen and oxygen atoms in total. The monoisotopic (exact) mass is 484 g/mol. The van der Waals surface area contributed by atoms with Gasteiger partial charge in [-0.15, -0.1) is 0 Å². The molecule has 1 amide bonds. The van der Waals surface area contributed by atoms with E-state index in [4.69, 9.17) is 9.15 Å². The zero-order valence-electron chi connectivity index (χ0n) is 19.0. The van der Waals surface area contributed by atoms with Crippen LogP contribution in [0.25, 0.3) is 11.3 Å². The quantitative estimate of drug-likeness (QED) is 0.571. The number of aromatic nitrogens is 3. The van der Waals surface area contributed by atoms with Gasteiger partial charge in [-0.1, -0.05) is 6.07 Å². The van der Waals surface area contributed by atoms with Crippen LogP contribution < -0.4 is 5.32 Å². The maximum atomic E-state index is 14.3. The molecule has 0 atom stereocenters. The van der Waals surface area contributed by atoms with Crippen molar-refractivity contribution in [2.75, 3.05) is 6.61 Å². The molecule has 1 N–H and O–H groups in total. The van der Waals surface area contributed by atoms with E-state index >= 15 is 0 Å². The molecule has 35 heavy (non-hydrogen) atoms. The van der Waals surface area contributed by atoms with Crippen molar-refractivity contribution in [2.24, 2.45) is 0 Å². The van der Waals surface area contributed by atoms with Crippen LogP contribution in [-0.2, 0) is 29.3 Å². The third kappa shape index (κ3) is 3.81. The van der Waals surface area contributed by atoms with E-state index in [1.54, 1.807) is 10.9 Å². The number of carbonyl (C=O) groups excluding carboxylic acids is 1. The number of amides is 1. The van der Waals surface area contributed by atoms with E-state index in [-0.39, 0.29) is 22.4 Å². The van der Waals surface area contributed by atoms with Gasteiger partial charge in [0.05, 0.1) is 24.4 Å². The first-order chi connectivity index (χ1) is 16.7. The number of halogens is 3. The van der Waals surface area contributed by atoms with Crippen molar-refractivity contribution in [3.8, 4) is 11.3 Å². The summed E-state index contributed by atoms with van der Waals surface area (Å²) in [6.07, 6.45) is 3.49. The van der Waals surface area contributed by atoms with Gasteiger partial charge in [-0.05, 0) is 37.8 Å². The number of pyridine rings is 1. The van der Waals surface area contributed by atoms with E-state index in [9.17, 15) is 18.0 Å². The maximum absolute atomic E-state index is 14.3. The van der Waals surface area contributed by atoms with Crippen molar-refractivity contribution in [3.05, 3.63) is 70.4 Å². The van der Waals surface area contributed by atoms with Crippen LogP contribution in [0.3, 0.4) is 0 Å². The van der Waals surface area contributed by atoms with E-state index in [2.05, 4.69) is 15.4 Å². The van der Waals surface area contributed by atoms with Gasteiger partial charge in [-0.2, -0.15) is 18.3 Å². The number of fused-ring (bicyclic) bond motifs is 4. The van der Waals surface area contributed by atoms with Gasteiger partial charge in [0.25, 0.3) is 5.91 Å². The summed E-state index contributed by atoms with van der Waals surface area (Å²) in [5.74, 6) is -0.998. The molecule has 1 aliphatic heterocycles. The molecule has 1 saturated carbocycles. The molecule has 3 aromatic heterocycles. The lowest BCUT2D eigenvalue weighted by Gasteiger charge is -2.20. The first-order valence-corrected chi connectivity index (χ1v) is 11.6. The number of nitrogens with zero attached hydrogens (tertiary/aromatic N) is 3. The third-order valence-electron chi connectivity index (χ3n) is 6.91. The van der Waals surface area contributed by atoms with Crippen molar-refractivity contribution < 1.29 is 27.1 Å². The van der Waals surface area contributed by atoms with Crippen molar-refractivity contribution in [2.45, 2.75) is 57.2 Å². The average molecular weight is 484 g/mol. The van der Waals surface area contributed by atoms with Gasteiger partial charge in [0, 0.05) is 42.4 Å². The van der Waals surface area contributed by atoms with Crippen LogP contribution in [0.1, 0.15) is 64.4 Å². The fraction of sp³-hybridized carbons (Fsp3) is 0.400. The van der Waals surface area contributed by atoms with Crippen LogP contribution in [0.5, 0.6) is 0 Å². The molecule has 3 aliphatic rings. The van der Waals surface area contributed by atoms with Crippen LogP contribution in [0, 0.1) is 6.92 Å². The van der Waals surface area contributed by atoms with E-state index in [1.807, 2.05) is 25.3 Å². The minimum atomic E-state index is -4.80. The fourth-order valence-electron chi connectivity index (χ4n) is 4.96. The summed E-state index contributed by atoms with van der Waals surface area (Å²) in [4.78, 5) is 17.2. The second-order valence-electron chi connectivity index (χ2n) is 9.51. The van der Waals surface area contributed by atoms with E-state index in [0.29, 0.717) is 31.8 Å². The number of ether oxygens (including phenoxy) is 1. The van der Waals surface area contributed by atoms with E-state index in [0.717, 1.165) is 36.1 Å². The summed E-state index contributed by atoms with van der Waals surface area (Å²) in [5, 5.41) is 6.97. The van der Waals surface area contributed by atoms with Crippen LogP contribution in [0.15, 0.2) is 40.9 Å². The van der Waals surface area contributed by atoms with Crippen LogP contribution in [-0.4, -0.2) is 27.3 Å². The Bertz CT molecular complexity index is 1340. The highest BCUT2D eigenvalue weighted by atomic mass is 19.4. The number of furan rings is 1. The third-order valence-corrected chi connectivity index (χ3v) is 6.91. The lowest BCUT2D eigenvalue weighted by Crippen LogP contribution is -2.22. The second kappa shape index (κ2) is 7.73. The minimum Gasteiger partial charge on any atom is -0.496 e. The van der Waals surface area contributed by atoms with Gasteiger partial charge in [-0.3, -0.25) is 14.5 Å². The van der Waals surface area contributed by atoms with Crippen molar-refractivity contribution in [3.63, 3.8) is 0 Å². The highest BCUT2D eigenvalue weighted by molar-refractivity contribution is 5.97. The molecule has 6 rings (SSSR count). The molecule has 182 valence electrons. The number of allylic oxidation sites excluding steroid dienone is 1. The van der Waals surface area contributed by atoms with Crippen molar-refractivity contribution in [1.29, 1.82) is 0 Å². The zero-order chi connectivity index (χ0) is 24.4. The van der Waals surface area contributed by atoms with Gasteiger partial charge >= 0.3 is 6.18 Å². The zero-order valence-corrected chi connectivity index (χ0v) is 19.0. The SMILES string of the molecule is Cc1ccc(Cn2cc3c(n2)-c2c(oc(C(=O)NC=C4CCCO4)c2C(F)(F)F)CC32CC2)nc1. The Morgan fingerprint density at radius 2 is 2.14 bits per heavy atom. The largest absolute Gasteiger partial charge is 0.496 e. The highest BCUT2D eigenvalue weighted by Gasteiger charge is 2.55. The molecular formula is C25H23F3N4O3. The van der Waals surface area contributed by atoms with Crippen molar-refractivity contribution >= 4 is 5.91 Å². The molecule has 2 fully saturated rings. The second-order valence-corrected chi connectivity index (χ2v) is 9.51. The normalized spacial score (nSPS) is 18.9. The summed E-state index contributed by atoms with van der Waals surface area (Å²) in [5.41, 5.74) is 1.28. The predicted molar refractivity (Wildman–Crippen MR) is 118 cm³/mol. The maximum Gasteiger partial charge on any atom is 0.420 e. The molecule has 10 heteroatoms. The molecule has 3 aromatic rings. The summed E-state index contributed by atoms with van der Waals surface area (Å²) in [6.45, 7) is 2.79. The van der Waals surface area contributed by atoms with Gasteiger partial charge < -0.3 is 14.5 Å². The molecule has 0 aromatic carbocycles. The summed E-state index contributed by atoms with van der Waals surface area (Å²) >= 11 is 0. The molecule has 2 aliphatic carbocycles. The van der Waals surface area contributed by atoms with Gasteiger partial charge in [0.15, 0.2) is 0 Å². The Hall–Kier alpha value is -3.56. The number of aryl methyl sites for hydroxylation is 1. The lowest BCUT2D eigenvalue weighted by atomic mass is 9.82. The number of rotatable bonds is 4. The van der Waals surface area contributed by atoms with Gasteiger partial charge in [0.1, 0.15) is 22.8 Å². The summed E-state index contributed by atoms with van der Waals surface area (Å²) in [7, 11) is 0. The lowest BCUT2D eigenvalue weighted by molar-refractivity contribution is -0.137. The van der Waals surface area contributed by atoms with Crippen molar-refractivity contribution in [1.82, 2.24) is 20.1 Å². The van der Waals surface area contributed by atoms with Gasteiger partial charge in [-0.25, -0.2) is 0 Å². The first kappa shape index (κ1) is 21.9. The number of carbonyl (C=O) groups is 1. The molecule has 4 heterocycles. The average Bonchev–Trinajstić information content (AvgIpc) is 3.18. The molecule has 0 radical (unpaired) electrons. The number of hydrogen-bond acceptors (Lipinski definition) is 5. The summed E-state index contributed by atoms with van der Waals surface area (Å²) < 4.78 is 55.6. The molecule has 1 saturated heterocycles. The molecule has 0 unspecified atom stereocenters. The van der Waals surface area contributed by atoms with Crippen LogP contribution in [0.2, 0.25) is 0 Å². The highest BCUT2D eigenvalue weighted by Crippen LogP contribution is 2.59. The smallest absolute Gasteiger partial charge is 0.420 e. The van der Waals surface area contributed by atoms with Crippen LogP contribution >= 0.6 is 0 Å². The Morgan fingerprint density at radius 1 is 1.31 bits per heavy atom. The first-order valence-electron chi connectivity index (χ1n) is 11.6. The number of hydrogen-bond donors (Lipinski definition) is 1.